The molecule has 1 rings (SSSR count). The molecule has 0 heterocycles. The Kier molecular flexibility index (Phi) is 7.70. The van der Waals surface area contributed by atoms with Gasteiger partial charge in [0.05, 0.1) is 0 Å². The van der Waals surface area contributed by atoms with Crippen LogP contribution in [0.25, 0.3) is 0 Å². The van der Waals surface area contributed by atoms with Crippen LogP contribution in [0.2, 0.25) is 0 Å². The molecule has 1 aromatic rings. The second-order valence-electron chi connectivity index (χ2n) is 5.16. The molecule has 4 heteroatoms. The molecule has 0 bridgehead atoms. The minimum absolute atomic E-state index is 0.173. The fourth-order valence-electron chi connectivity index (χ4n) is 2.39. The molecule has 0 spiro atoms. The minimum atomic E-state index is -0.546. The Hall–Kier alpha value is -1.00. The van der Waals surface area contributed by atoms with E-state index in [4.69, 9.17) is 5.73 Å². The molecule has 0 radical (unpaired) electrons. The normalized spacial score (nSPS) is 12.9. The summed E-state index contributed by atoms with van der Waals surface area (Å²) in [6.45, 7) is 6.40. The summed E-state index contributed by atoms with van der Waals surface area (Å²) >= 11 is 0. The predicted octanol–water partition coefficient (Wildman–Crippen LogP) is 3.87. The molecule has 114 valence electrons. The van der Waals surface area contributed by atoms with Crippen LogP contribution in [0.15, 0.2) is 18.2 Å². The maximum Gasteiger partial charge on any atom is 0.130 e. The Balaban J connectivity index is 2.92. The molecule has 2 N–H and O–H groups in total. The highest BCUT2D eigenvalue weighted by molar-refractivity contribution is 5.22. The topological polar surface area (TPSA) is 29.3 Å². The van der Waals surface area contributed by atoms with Crippen molar-refractivity contribution in [3.63, 3.8) is 0 Å². The minimum Gasteiger partial charge on any atom is -0.329 e. The van der Waals surface area contributed by atoms with Gasteiger partial charge in [0.25, 0.3) is 0 Å². The van der Waals surface area contributed by atoms with Gasteiger partial charge in [0.15, 0.2) is 0 Å². The lowest BCUT2D eigenvalue weighted by molar-refractivity contribution is 0.191. The van der Waals surface area contributed by atoms with Crippen molar-refractivity contribution in [3.8, 4) is 0 Å². The van der Waals surface area contributed by atoms with Crippen molar-refractivity contribution in [1.29, 1.82) is 0 Å². The molecule has 2 nitrogen and oxygen atoms in total. The zero-order valence-corrected chi connectivity index (χ0v) is 12.5. The Labute approximate surface area is 121 Å². The van der Waals surface area contributed by atoms with E-state index in [1.54, 1.807) is 0 Å². The highest BCUT2D eigenvalue weighted by Gasteiger charge is 2.21. The maximum absolute atomic E-state index is 14.0. The molecule has 1 aromatic carbocycles. The predicted molar refractivity (Wildman–Crippen MR) is 79.5 cm³/mol. The van der Waals surface area contributed by atoms with E-state index in [2.05, 4.69) is 18.7 Å². The van der Waals surface area contributed by atoms with Gasteiger partial charge < -0.3 is 5.73 Å². The van der Waals surface area contributed by atoms with Gasteiger partial charge in [0.1, 0.15) is 11.6 Å². The van der Waals surface area contributed by atoms with Crippen LogP contribution >= 0.6 is 0 Å². The van der Waals surface area contributed by atoms with Crippen LogP contribution in [0.1, 0.15) is 51.1 Å². The average molecular weight is 284 g/mol. The van der Waals surface area contributed by atoms with Crippen molar-refractivity contribution < 1.29 is 8.78 Å². The fraction of sp³-hybridized carbons (Fsp3) is 0.625. The molecular weight excluding hydrogens is 258 g/mol. The Bertz CT molecular complexity index is 388. The van der Waals surface area contributed by atoms with Crippen molar-refractivity contribution in [2.75, 3.05) is 19.6 Å². The van der Waals surface area contributed by atoms with E-state index in [1.165, 1.54) is 12.1 Å². The Morgan fingerprint density at radius 3 is 2.15 bits per heavy atom. The summed E-state index contributed by atoms with van der Waals surface area (Å²) < 4.78 is 27.0. The number of hydrogen-bond acceptors (Lipinski definition) is 2. The van der Waals surface area contributed by atoms with E-state index in [1.807, 2.05) is 0 Å². The van der Waals surface area contributed by atoms with Crippen LogP contribution in [0.5, 0.6) is 0 Å². The van der Waals surface area contributed by atoms with Gasteiger partial charge >= 0.3 is 0 Å². The van der Waals surface area contributed by atoms with Crippen molar-refractivity contribution in [2.45, 2.75) is 45.6 Å². The number of rotatable bonds is 9. The molecule has 0 aliphatic heterocycles. The van der Waals surface area contributed by atoms with Crippen LogP contribution < -0.4 is 5.73 Å². The second-order valence-corrected chi connectivity index (χ2v) is 5.16. The van der Waals surface area contributed by atoms with Crippen LogP contribution in [0, 0.1) is 11.6 Å². The summed E-state index contributed by atoms with van der Waals surface area (Å²) in [4.78, 5) is 2.23. The SMILES string of the molecule is CCCCN(CCCC)C(CN)c1ccc(F)cc1F. The van der Waals surface area contributed by atoms with Gasteiger partial charge in [-0.2, -0.15) is 0 Å². The highest BCUT2D eigenvalue weighted by Crippen LogP contribution is 2.24. The third-order valence-corrected chi connectivity index (χ3v) is 3.58. The second kappa shape index (κ2) is 9.03. The molecule has 0 saturated heterocycles. The Morgan fingerprint density at radius 2 is 1.70 bits per heavy atom. The zero-order chi connectivity index (χ0) is 15.0. The summed E-state index contributed by atoms with van der Waals surface area (Å²) in [6, 6.07) is 3.59. The summed E-state index contributed by atoms with van der Waals surface area (Å²) in [7, 11) is 0. The van der Waals surface area contributed by atoms with Gasteiger partial charge in [-0.25, -0.2) is 8.78 Å². The van der Waals surface area contributed by atoms with E-state index in [9.17, 15) is 8.78 Å². The van der Waals surface area contributed by atoms with Gasteiger partial charge in [-0.05, 0) is 32.0 Å². The molecular formula is C16H26F2N2. The molecule has 0 aliphatic carbocycles. The number of hydrogen-bond donors (Lipinski definition) is 1. The average Bonchev–Trinajstić information content (AvgIpc) is 2.43. The van der Waals surface area contributed by atoms with Crippen molar-refractivity contribution in [1.82, 2.24) is 4.90 Å². The van der Waals surface area contributed by atoms with Crippen LogP contribution in [0.4, 0.5) is 8.78 Å². The van der Waals surface area contributed by atoms with E-state index < -0.39 is 11.6 Å². The van der Waals surface area contributed by atoms with Crippen molar-refractivity contribution in [3.05, 3.63) is 35.4 Å². The summed E-state index contributed by atoms with van der Waals surface area (Å²) in [5.74, 6) is -1.05. The van der Waals surface area contributed by atoms with Gasteiger partial charge in [0.2, 0.25) is 0 Å². The smallest absolute Gasteiger partial charge is 0.130 e. The first-order valence-electron chi connectivity index (χ1n) is 7.53. The monoisotopic (exact) mass is 284 g/mol. The lowest BCUT2D eigenvalue weighted by Crippen LogP contribution is -2.36. The van der Waals surface area contributed by atoms with E-state index in [0.717, 1.165) is 44.8 Å². The maximum atomic E-state index is 14.0. The molecule has 1 atom stereocenters. The number of unbranched alkanes of at least 4 members (excludes halogenated alkanes) is 2. The zero-order valence-electron chi connectivity index (χ0n) is 12.5. The lowest BCUT2D eigenvalue weighted by atomic mass is 10.0. The highest BCUT2D eigenvalue weighted by atomic mass is 19.1. The van der Waals surface area contributed by atoms with Crippen molar-refractivity contribution in [2.24, 2.45) is 5.73 Å². The molecule has 0 aromatic heterocycles. The molecule has 0 amide bonds. The quantitative estimate of drug-likeness (QED) is 0.746. The third kappa shape index (κ3) is 4.84. The summed E-state index contributed by atoms with van der Waals surface area (Å²) in [5.41, 5.74) is 6.36. The van der Waals surface area contributed by atoms with Crippen LogP contribution in [0.3, 0.4) is 0 Å². The first-order chi connectivity index (χ1) is 9.63. The summed E-state index contributed by atoms with van der Waals surface area (Å²) in [5, 5.41) is 0. The molecule has 20 heavy (non-hydrogen) atoms. The van der Waals surface area contributed by atoms with Gasteiger partial charge in [0, 0.05) is 24.2 Å². The standard InChI is InChI=1S/C16H26F2N2/c1-3-5-9-20(10-6-4-2)16(12-19)14-8-7-13(17)11-15(14)18/h7-8,11,16H,3-6,9-10,12,19H2,1-2H3. The van der Waals surface area contributed by atoms with Crippen molar-refractivity contribution >= 4 is 0 Å². The lowest BCUT2D eigenvalue weighted by Gasteiger charge is -2.31. The molecule has 0 saturated carbocycles. The van der Waals surface area contributed by atoms with Gasteiger partial charge in [-0.15, -0.1) is 0 Å². The van der Waals surface area contributed by atoms with Gasteiger partial charge in [-0.1, -0.05) is 32.8 Å². The number of nitrogens with zero attached hydrogens (tertiary/aromatic N) is 1. The summed E-state index contributed by atoms with van der Waals surface area (Å²) in [6.07, 6.45) is 4.30. The number of benzene rings is 1. The van der Waals surface area contributed by atoms with E-state index in [0.29, 0.717) is 12.1 Å². The first-order valence-corrected chi connectivity index (χ1v) is 7.53. The van der Waals surface area contributed by atoms with Crippen LogP contribution in [-0.2, 0) is 0 Å². The van der Waals surface area contributed by atoms with Gasteiger partial charge in [-0.3, -0.25) is 4.90 Å². The van der Waals surface area contributed by atoms with Crippen LogP contribution in [-0.4, -0.2) is 24.5 Å². The fourth-order valence-corrected chi connectivity index (χ4v) is 2.39. The Morgan fingerprint density at radius 1 is 1.10 bits per heavy atom. The molecule has 1 unspecified atom stereocenters. The molecule has 0 fully saturated rings. The largest absolute Gasteiger partial charge is 0.329 e. The van der Waals surface area contributed by atoms with E-state index >= 15 is 0 Å². The number of halogens is 2. The van der Waals surface area contributed by atoms with E-state index in [-0.39, 0.29) is 6.04 Å². The third-order valence-electron chi connectivity index (χ3n) is 3.58. The number of nitrogens with two attached hydrogens (primary N) is 1. The molecule has 0 aliphatic rings. The first kappa shape index (κ1) is 17.1.